The van der Waals surface area contributed by atoms with Gasteiger partial charge in [0.15, 0.2) is 5.13 Å². The van der Waals surface area contributed by atoms with Crippen LogP contribution in [0.5, 0.6) is 0 Å². The molecule has 0 spiro atoms. The number of nitrogens with zero attached hydrogens (tertiary/aromatic N) is 1. The number of nitrogens with one attached hydrogen (secondary N) is 3. The van der Waals surface area contributed by atoms with Gasteiger partial charge in [-0.3, -0.25) is 14.4 Å². The third-order valence-electron chi connectivity index (χ3n) is 4.75. The van der Waals surface area contributed by atoms with Gasteiger partial charge >= 0.3 is 0 Å². The molecule has 28 heavy (non-hydrogen) atoms. The molecule has 2 aromatic rings. The van der Waals surface area contributed by atoms with Crippen molar-refractivity contribution in [3.8, 4) is 11.3 Å². The van der Waals surface area contributed by atoms with E-state index < -0.39 is 6.04 Å². The molecule has 3 rings (SSSR count). The highest BCUT2D eigenvalue weighted by molar-refractivity contribution is 7.14. The average Bonchev–Trinajstić information content (AvgIpc) is 3.31. The zero-order valence-corrected chi connectivity index (χ0v) is 16.8. The Kier molecular flexibility index (Phi) is 6.41. The summed E-state index contributed by atoms with van der Waals surface area (Å²) in [5.74, 6) is -0.373. The molecule has 148 valence electrons. The Hall–Kier alpha value is -2.74. The molecule has 0 saturated heterocycles. The molecule has 0 radical (unpaired) electrons. The van der Waals surface area contributed by atoms with Crippen molar-refractivity contribution >= 4 is 39.9 Å². The van der Waals surface area contributed by atoms with Crippen molar-refractivity contribution in [1.82, 2.24) is 10.3 Å². The van der Waals surface area contributed by atoms with E-state index in [1.165, 1.54) is 25.2 Å². The molecule has 1 aliphatic rings. The molecule has 1 aromatic carbocycles. The van der Waals surface area contributed by atoms with E-state index in [-0.39, 0.29) is 23.6 Å². The number of aromatic nitrogens is 1. The first-order chi connectivity index (χ1) is 13.4. The molecule has 1 aliphatic carbocycles. The van der Waals surface area contributed by atoms with E-state index in [1.807, 2.05) is 17.5 Å². The smallest absolute Gasteiger partial charge is 0.249 e. The summed E-state index contributed by atoms with van der Waals surface area (Å²) in [5.41, 5.74) is 2.35. The van der Waals surface area contributed by atoms with Crippen molar-refractivity contribution < 1.29 is 14.4 Å². The van der Waals surface area contributed by atoms with Gasteiger partial charge in [-0.15, -0.1) is 11.3 Å². The SMILES string of the molecule is CC(=O)Nc1ccc(-c2csc(NC(=O)C(NC(C)=O)C3CCCC3)n2)cc1. The van der Waals surface area contributed by atoms with Crippen LogP contribution in [0.1, 0.15) is 39.5 Å². The van der Waals surface area contributed by atoms with Crippen LogP contribution < -0.4 is 16.0 Å². The van der Waals surface area contributed by atoms with Gasteiger partial charge in [-0.05, 0) is 30.9 Å². The second-order valence-corrected chi connectivity index (χ2v) is 7.87. The first kappa shape index (κ1) is 20.0. The number of hydrogen-bond acceptors (Lipinski definition) is 5. The van der Waals surface area contributed by atoms with Crippen LogP contribution in [0.15, 0.2) is 29.6 Å². The van der Waals surface area contributed by atoms with Gasteiger partial charge in [-0.25, -0.2) is 4.98 Å². The Morgan fingerprint density at radius 2 is 1.71 bits per heavy atom. The number of rotatable bonds is 6. The summed E-state index contributed by atoms with van der Waals surface area (Å²) in [7, 11) is 0. The molecular formula is C20H24N4O3S. The number of amides is 3. The molecule has 0 bridgehead atoms. The summed E-state index contributed by atoms with van der Waals surface area (Å²) in [5, 5.41) is 10.7. The largest absolute Gasteiger partial charge is 0.344 e. The summed E-state index contributed by atoms with van der Waals surface area (Å²) in [4.78, 5) is 39.8. The lowest BCUT2D eigenvalue weighted by molar-refractivity contribution is -0.126. The zero-order valence-electron chi connectivity index (χ0n) is 16.0. The highest BCUT2D eigenvalue weighted by atomic mass is 32.1. The Bertz CT molecular complexity index is 857. The van der Waals surface area contributed by atoms with E-state index in [0.717, 1.165) is 42.6 Å². The van der Waals surface area contributed by atoms with Gasteiger partial charge in [0.05, 0.1) is 5.69 Å². The maximum atomic E-state index is 12.7. The summed E-state index contributed by atoms with van der Waals surface area (Å²) in [6, 6.07) is 6.82. The number of carbonyl (C=O) groups is 3. The predicted octanol–water partition coefficient (Wildman–Crippen LogP) is 3.40. The third-order valence-corrected chi connectivity index (χ3v) is 5.51. The van der Waals surface area contributed by atoms with Gasteiger partial charge in [0.1, 0.15) is 6.04 Å². The van der Waals surface area contributed by atoms with E-state index >= 15 is 0 Å². The van der Waals surface area contributed by atoms with Gasteiger partial charge in [-0.1, -0.05) is 25.0 Å². The summed E-state index contributed by atoms with van der Waals surface area (Å²) >= 11 is 1.34. The minimum Gasteiger partial charge on any atom is -0.344 e. The topological polar surface area (TPSA) is 100 Å². The van der Waals surface area contributed by atoms with Crippen LogP contribution in [0, 0.1) is 5.92 Å². The minimum atomic E-state index is -0.524. The van der Waals surface area contributed by atoms with E-state index in [2.05, 4.69) is 20.9 Å². The molecule has 0 aliphatic heterocycles. The van der Waals surface area contributed by atoms with Crippen LogP contribution in [0.4, 0.5) is 10.8 Å². The summed E-state index contributed by atoms with van der Waals surface area (Å²) in [6.45, 7) is 2.89. The number of carbonyl (C=O) groups excluding carboxylic acids is 3. The number of anilines is 2. The van der Waals surface area contributed by atoms with E-state index in [1.54, 1.807) is 12.1 Å². The maximum Gasteiger partial charge on any atom is 0.249 e. The van der Waals surface area contributed by atoms with Crippen molar-refractivity contribution in [3.05, 3.63) is 29.6 Å². The number of thiazole rings is 1. The molecule has 8 heteroatoms. The minimum absolute atomic E-state index is 0.123. The molecule has 1 unspecified atom stereocenters. The average molecular weight is 401 g/mol. The molecule has 7 nitrogen and oxygen atoms in total. The Labute approximate surface area is 167 Å². The van der Waals surface area contributed by atoms with E-state index in [0.29, 0.717) is 5.13 Å². The number of hydrogen-bond donors (Lipinski definition) is 3. The highest BCUT2D eigenvalue weighted by Gasteiger charge is 2.31. The van der Waals surface area contributed by atoms with E-state index in [9.17, 15) is 14.4 Å². The van der Waals surface area contributed by atoms with Gasteiger partial charge in [0.2, 0.25) is 17.7 Å². The fourth-order valence-corrected chi connectivity index (χ4v) is 4.20. The zero-order chi connectivity index (χ0) is 20.1. The standard InChI is InChI=1S/C20H24N4O3S/c1-12(25)21-16-9-7-14(8-10-16)17-11-28-20(23-17)24-19(27)18(22-13(2)26)15-5-3-4-6-15/h7-11,15,18H,3-6H2,1-2H3,(H,21,25)(H,22,26)(H,23,24,27). The van der Waals surface area contributed by atoms with Crippen LogP contribution >= 0.6 is 11.3 Å². The lowest BCUT2D eigenvalue weighted by atomic mass is 9.97. The Morgan fingerprint density at radius 3 is 2.32 bits per heavy atom. The molecule has 1 fully saturated rings. The fourth-order valence-electron chi connectivity index (χ4n) is 3.48. The summed E-state index contributed by atoms with van der Waals surface area (Å²) < 4.78 is 0. The van der Waals surface area contributed by atoms with Gasteiger partial charge in [0, 0.05) is 30.5 Å². The summed E-state index contributed by atoms with van der Waals surface area (Å²) in [6.07, 6.45) is 4.07. The lowest BCUT2D eigenvalue weighted by Gasteiger charge is -2.22. The van der Waals surface area contributed by atoms with Crippen molar-refractivity contribution in [2.45, 2.75) is 45.6 Å². The maximum absolute atomic E-state index is 12.7. The molecular weight excluding hydrogens is 376 g/mol. The van der Waals surface area contributed by atoms with Crippen molar-refractivity contribution in [2.75, 3.05) is 10.6 Å². The molecule has 3 amide bonds. The lowest BCUT2D eigenvalue weighted by Crippen LogP contribution is -2.47. The quantitative estimate of drug-likeness (QED) is 0.692. The molecule has 1 heterocycles. The first-order valence-corrected chi connectivity index (χ1v) is 10.2. The first-order valence-electron chi connectivity index (χ1n) is 9.34. The second-order valence-electron chi connectivity index (χ2n) is 7.01. The predicted molar refractivity (Wildman–Crippen MR) is 110 cm³/mol. The van der Waals surface area contributed by atoms with Crippen LogP contribution in [0.25, 0.3) is 11.3 Å². The van der Waals surface area contributed by atoms with Crippen LogP contribution in [0.2, 0.25) is 0 Å². The number of benzene rings is 1. The molecule has 1 atom stereocenters. The van der Waals surface area contributed by atoms with Gasteiger partial charge < -0.3 is 16.0 Å². The van der Waals surface area contributed by atoms with E-state index in [4.69, 9.17) is 0 Å². The van der Waals surface area contributed by atoms with Crippen LogP contribution in [0.3, 0.4) is 0 Å². The molecule has 1 aromatic heterocycles. The normalized spacial score (nSPS) is 15.1. The van der Waals surface area contributed by atoms with Gasteiger partial charge in [0.25, 0.3) is 0 Å². The highest BCUT2D eigenvalue weighted by Crippen LogP contribution is 2.30. The van der Waals surface area contributed by atoms with Crippen molar-refractivity contribution in [3.63, 3.8) is 0 Å². The van der Waals surface area contributed by atoms with Crippen molar-refractivity contribution in [1.29, 1.82) is 0 Å². The van der Waals surface area contributed by atoms with Crippen LogP contribution in [-0.4, -0.2) is 28.7 Å². The second kappa shape index (κ2) is 8.97. The van der Waals surface area contributed by atoms with Gasteiger partial charge in [-0.2, -0.15) is 0 Å². The Balaban J connectivity index is 1.68. The monoisotopic (exact) mass is 400 g/mol. The molecule has 1 saturated carbocycles. The fraction of sp³-hybridized carbons (Fsp3) is 0.400. The Morgan fingerprint density at radius 1 is 1.04 bits per heavy atom. The third kappa shape index (κ3) is 5.16. The molecule has 3 N–H and O–H groups in total. The van der Waals surface area contributed by atoms with Crippen LogP contribution in [-0.2, 0) is 14.4 Å². The van der Waals surface area contributed by atoms with Crippen molar-refractivity contribution in [2.24, 2.45) is 5.92 Å².